The van der Waals surface area contributed by atoms with E-state index in [1.54, 1.807) is 6.92 Å². The highest BCUT2D eigenvalue weighted by Crippen LogP contribution is 2.38. The van der Waals surface area contributed by atoms with Gasteiger partial charge in [0, 0.05) is 18.1 Å². The molecule has 1 atom stereocenters. The molecular formula is C8H14F2OS. The third kappa shape index (κ3) is 3.27. The quantitative estimate of drug-likeness (QED) is 0.685. The van der Waals surface area contributed by atoms with Crippen LogP contribution in [-0.2, 0) is 0 Å². The number of thioether (sulfide) groups is 1. The summed E-state index contributed by atoms with van der Waals surface area (Å²) in [6.45, 7) is 1.68. The minimum atomic E-state index is -2.45. The van der Waals surface area contributed by atoms with E-state index >= 15 is 0 Å². The number of halogens is 2. The Labute approximate surface area is 75.5 Å². The van der Waals surface area contributed by atoms with Gasteiger partial charge in [0.05, 0.1) is 5.44 Å². The van der Waals surface area contributed by atoms with Crippen LogP contribution in [0.25, 0.3) is 0 Å². The summed E-state index contributed by atoms with van der Waals surface area (Å²) in [6.07, 6.45) is 1.03. The second kappa shape index (κ2) is 3.92. The molecule has 1 aliphatic rings. The van der Waals surface area contributed by atoms with Crippen LogP contribution in [0, 0.1) is 0 Å². The first-order valence-electron chi connectivity index (χ1n) is 4.21. The molecule has 12 heavy (non-hydrogen) atoms. The molecule has 1 rings (SSSR count). The van der Waals surface area contributed by atoms with Gasteiger partial charge < -0.3 is 5.11 Å². The summed E-state index contributed by atoms with van der Waals surface area (Å²) in [5.41, 5.74) is -0.429. The first-order valence-corrected chi connectivity index (χ1v) is 5.15. The minimum absolute atomic E-state index is 0.0165. The Kier molecular flexibility index (Phi) is 3.35. The number of rotatable bonds is 2. The number of hydrogen-bond donors (Lipinski definition) is 1. The highest BCUT2D eigenvalue weighted by atomic mass is 32.2. The molecule has 0 aromatic carbocycles. The second-order valence-electron chi connectivity index (χ2n) is 3.29. The molecule has 0 bridgehead atoms. The predicted octanol–water partition coefficient (Wildman–Crippen LogP) is 2.64. The molecule has 0 spiro atoms. The average molecular weight is 196 g/mol. The molecule has 1 saturated carbocycles. The third-order valence-electron chi connectivity index (χ3n) is 2.05. The molecule has 1 aliphatic carbocycles. The van der Waals surface area contributed by atoms with Crippen molar-refractivity contribution in [1.82, 2.24) is 0 Å². The lowest BCUT2D eigenvalue weighted by Crippen LogP contribution is -2.26. The maximum atomic E-state index is 12.6. The summed E-state index contributed by atoms with van der Waals surface area (Å²) < 4.78 is 25.3. The molecule has 72 valence electrons. The van der Waals surface area contributed by atoms with Gasteiger partial charge in [0.2, 0.25) is 5.92 Å². The van der Waals surface area contributed by atoms with E-state index in [2.05, 4.69) is 0 Å². The standard InChI is InChI=1S/C8H14F2OS/c1-6(11)12-7-2-4-8(9,10)5-3-7/h6-7,11H,2-5H2,1H3. The topological polar surface area (TPSA) is 20.2 Å². The van der Waals surface area contributed by atoms with E-state index in [4.69, 9.17) is 5.11 Å². The molecule has 0 aromatic heterocycles. The fraction of sp³-hybridized carbons (Fsp3) is 1.00. The molecule has 1 nitrogen and oxygen atoms in total. The van der Waals surface area contributed by atoms with E-state index in [9.17, 15) is 8.78 Å². The van der Waals surface area contributed by atoms with Gasteiger partial charge in [-0.1, -0.05) is 0 Å². The van der Waals surface area contributed by atoms with Crippen molar-refractivity contribution in [3.63, 3.8) is 0 Å². The fourth-order valence-electron chi connectivity index (χ4n) is 1.43. The molecule has 0 radical (unpaired) electrons. The molecule has 1 fully saturated rings. The number of aliphatic hydroxyl groups excluding tert-OH is 1. The number of alkyl halides is 2. The minimum Gasteiger partial charge on any atom is -0.383 e. The van der Waals surface area contributed by atoms with Crippen LogP contribution in [0.4, 0.5) is 8.78 Å². The van der Waals surface area contributed by atoms with Gasteiger partial charge in [-0.25, -0.2) is 8.78 Å². The van der Waals surface area contributed by atoms with Crippen molar-refractivity contribution in [3.8, 4) is 0 Å². The summed E-state index contributed by atoms with van der Waals surface area (Å²) in [5.74, 6) is -2.45. The first-order chi connectivity index (χ1) is 5.49. The van der Waals surface area contributed by atoms with Gasteiger partial charge in [0.1, 0.15) is 0 Å². The monoisotopic (exact) mass is 196 g/mol. The maximum Gasteiger partial charge on any atom is 0.248 e. The van der Waals surface area contributed by atoms with Gasteiger partial charge in [-0.05, 0) is 19.8 Å². The van der Waals surface area contributed by atoms with Gasteiger partial charge in [0.25, 0.3) is 0 Å². The second-order valence-corrected chi connectivity index (χ2v) is 4.91. The lowest BCUT2D eigenvalue weighted by atomic mass is 9.96. The van der Waals surface area contributed by atoms with Gasteiger partial charge in [-0.15, -0.1) is 11.8 Å². The Bertz CT molecular complexity index is 140. The SMILES string of the molecule is CC(O)SC1CCC(F)(F)CC1. The van der Waals surface area contributed by atoms with Crippen molar-refractivity contribution < 1.29 is 13.9 Å². The maximum absolute atomic E-state index is 12.6. The van der Waals surface area contributed by atoms with Crippen LogP contribution in [0.3, 0.4) is 0 Å². The molecule has 0 heterocycles. The molecule has 1 unspecified atom stereocenters. The van der Waals surface area contributed by atoms with Crippen molar-refractivity contribution in [2.75, 3.05) is 0 Å². The molecule has 1 N–H and O–H groups in total. The van der Waals surface area contributed by atoms with Crippen LogP contribution in [0.2, 0.25) is 0 Å². The van der Waals surface area contributed by atoms with Crippen molar-refractivity contribution >= 4 is 11.8 Å². The molecular weight excluding hydrogens is 182 g/mol. The van der Waals surface area contributed by atoms with Gasteiger partial charge >= 0.3 is 0 Å². The van der Waals surface area contributed by atoms with Crippen molar-refractivity contribution in [3.05, 3.63) is 0 Å². The third-order valence-corrected chi connectivity index (χ3v) is 3.30. The van der Waals surface area contributed by atoms with Crippen LogP contribution in [-0.4, -0.2) is 21.7 Å². The van der Waals surface area contributed by atoms with E-state index in [-0.39, 0.29) is 18.1 Å². The van der Waals surface area contributed by atoms with E-state index in [1.165, 1.54) is 11.8 Å². The van der Waals surface area contributed by atoms with Crippen LogP contribution in [0.15, 0.2) is 0 Å². The van der Waals surface area contributed by atoms with Crippen molar-refractivity contribution in [1.29, 1.82) is 0 Å². The Balaban J connectivity index is 2.27. The van der Waals surface area contributed by atoms with Gasteiger partial charge in [0.15, 0.2) is 0 Å². The lowest BCUT2D eigenvalue weighted by Gasteiger charge is -2.28. The molecule has 4 heteroatoms. The van der Waals surface area contributed by atoms with Crippen LogP contribution >= 0.6 is 11.8 Å². The predicted molar refractivity (Wildman–Crippen MR) is 46.5 cm³/mol. The highest BCUT2D eigenvalue weighted by Gasteiger charge is 2.35. The first kappa shape index (κ1) is 10.3. The molecule has 0 amide bonds. The van der Waals surface area contributed by atoms with E-state index < -0.39 is 11.4 Å². The van der Waals surface area contributed by atoms with Gasteiger partial charge in [-0.3, -0.25) is 0 Å². The van der Waals surface area contributed by atoms with E-state index in [0.717, 1.165) is 0 Å². The highest BCUT2D eigenvalue weighted by molar-refractivity contribution is 8.00. The van der Waals surface area contributed by atoms with E-state index in [1.807, 2.05) is 0 Å². The zero-order valence-corrected chi connectivity index (χ0v) is 7.91. The van der Waals surface area contributed by atoms with Crippen LogP contribution in [0.5, 0.6) is 0 Å². The fourth-order valence-corrected chi connectivity index (χ4v) is 2.49. The number of aliphatic hydroxyl groups is 1. The molecule has 0 aliphatic heterocycles. The van der Waals surface area contributed by atoms with Crippen molar-refractivity contribution in [2.24, 2.45) is 0 Å². The van der Waals surface area contributed by atoms with Crippen LogP contribution in [0.1, 0.15) is 32.6 Å². The van der Waals surface area contributed by atoms with Crippen LogP contribution < -0.4 is 0 Å². The van der Waals surface area contributed by atoms with Gasteiger partial charge in [-0.2, -0.15) is 0 Å². The Morgan fingerprint density at radius 3 is 2.33 bits per heavy atom. The zero-order chi connectivity index (χ0) is 9.19. The van der Waals surface area contributed by atoms with E-state index in [0.29, 0.717) is 12.8 Å². The lowest BCUT2D eigenvalue weighted by molar-refractivity contribution is -0.0325. The summed E-state index contributed by atoms with van der Waals surface area (Å²) >= 11 is 1.40. The summed E-state index contributed by atoms with van der Waals surface area (Å²) in [5, 5.41) is 9.24. The Morgan fingerprint density at radius 2 is 1.92 bits per heavy atom. The molecule has 0 saturated heterocycles. The largest absolute Gasteiger partial charge is 0.383 e. The Hall–Kier alpha value is 0.170. The summed E-state index contributed by atoms with van der Waals surface area (Å²) in [6, 6.07) is 0. The smallest absolute Gasteiger partial charge is 0.248 e. The average Bonchev–Trinajstić information content (AvgIpc) is 1.93. The summed E-state index contributed by atoms with van der Waals surface area (Å²) in [4.78, 5) is 0. The Morgan fingerprint density at radius 1 is 1.42 bits per heavy atom. The summed E-state index contributed by atoms with van der Waals surface area (Å²) in [7, 11) is 0. The number of hydrogen-bond acceptors (Lipinski definition) is 2. The zero-order valence-electron chi connectivity index (χ0n) is 7.09. The van der Waals surface area contributed by atoms with Crippen molar-refractivity contribution in [2.45, 2.75) is 49.2 Å². The molecule has 0 aromatic rings. The normalized spacial score (nSPS) is 27.0.